The Bertz CT molecular complexity index is 786. The van der Waals surface area contributed by atoms with Gasteiger partial charge in [-0.3, -0.25) is 4.99 Å². The predicted molar refractivity (Wildman–Crippen MR) is 83.2 cm³/mol. The van der Waals surface area contributed by atoms with Crippen molar-refractivity contribution in [3.63, 3.8) is 0 Å². The number of hydrogen-bond donors (Lipinski definition) is 1. The smallest absolute Gasteiger partial charge is 0.126 e. The number of aliphatic imine (C=N–C) groups is 1. The molecule has 2 N–H and O–H groups in total. The molecule has 4 rings (SSSR count). The lowest BCUT2D eigenvalue weighted by atomic mass is 9.97. The van der Waals surface area contributed by atoms with Gasteiger partial charge < -0.3 is 5.73 Å². The van der Waals surface area contributed by atoms with Crippen LogP contribution in [0.3, 0.4) is 0 Å². The number of nitrogens with two attached hydrogens (primary N) is 1. The molecule has 1 unspecified atom stereocenters. The average Bonchev–Trinajstić information content (AvgIpc) is 2.91. The maximum Gasteiger partial charge on any atom is 0.126 e. The Labute approximate surface area is 120 Å². The van der Waals surface area contributed by atoms with Gasteiger partial charge in [-0.15, -0.1) is 11.3 Å². The number of benzene rings is 2. The zero-order chi connectivity index (χ0) is 13.5. The number of nitrogens with zero attached hydrogens (tertiary/aromatic N) is 2. The minimum atomic E-state index is 0.0438. The van der Waals surface area contributed by atoms with Gasteiger partial charge in [0.15, 0.2) is 0 Å². The predicted octanol–water partition coefficient (Wildman–Crippen LogP) is 3.30. The van der Waals surface area contributed by atoms with Crippen LogP contribution < -0.4 is 5.73 Å². The van der Waals surface area contributed by atoms with Crippen LogP contribution in [0.4, 0.5) is 0 Å². The second kappa shape index (κ2) is 4.42. The van der Waals surface area contributed by atoms with Gasteiger partial charge in [0, 0.05) is 12.0 Å². The number of aromatic nitrogens is 1. The van der Waals surface area contributed by atoms with Crippen LogP contribution in [0, 0.1) is 0 Å². The molecule has 2 heterocycles. The number of thiazole rings is 1. The van der Waals surface area contributed by atoms with Crippen molar-refractivity contribution < 1.29 is 0 Å². The molecular weight excluding hydrogens is 266 g/mol. The number of amidine groups is 1. The van der Waals surface area contributed by atoms with E-state index < -0.39 is 0 Å². The van der Waals surface area contributed by atoms with Gasteiger partial charge in [0.25, 0.3) is 0 Å². The SMILES string of the molecule is NC1=NC(c2nc3ccccc3s2)Cc2ccccc21. The van der Waals surface area contributed by atoms with E-state index in [1.54, 1.807) is 11.3 Å². The van der Waals surface area contributed by atoms with E-state index in [-0.39, 0.29) is 6.04 Å². The number of hydrogen-bond acceptors (Lipinski definition) is 4. The first-order valence-electron chi connectivity index (χ1n) is 6.58. The second-order valence-electron chi connectivity index (χ2n) is 4.91. The molecular formula is C16H13N3S. The van der Waals surface area contributed by atoms with Gasteiger partial charge in [-0.05, 0) is 17.7 Å². The summed E-state index contributed by atoms with van der Waals surface area (Å²) >= 11 is 1.71. The molecule has 0 radical (unpaired) electrons. The average molecular weight is 279 g/mol. The molecule has 3 nitrogen and oxygen atoms in total. The quantitative estimate of drug-likeness (QED) is 0.743. The molecule has 0 saturated heterocycles. The summed E-state index contributed by atoms with van der Waals surface area (Å²) in [7, 11) is 0. The minimum absolute atomic E-state index is 0.0438. The van der Waals surface area contributed by atoms with Crippen molar-refractivity contribution in [2.45, 2.75) is 12.5 Å². The summed E-state index contributed by atoms with van der Waals surface area (Å²) in [6.07, 6.45) is 0.872. The molecule has 0 saturated carbocycles. The summed E-state index contributed by atoms with van der Waals surface area (Å²) in [5.74, 6) is 0.621. The zero-order valence-electron chi connectivity index (χ0n) is 10.8. The molecule has 0 spiro atoms. The maximum atomic E-state index is 6.10. The number of para-hydroxylation sites is 1. The van der Waals surface area contributed by atoms with Gasteiger partial charge in [-0.1, -0.05) is 36.4 Å². The highest BCUT2D eigenvalue weighted by Crippen LogP contribution is 2.33. The van der Waals surface area contributed by atoms with Gasteiger partial charge in [-0.25, -0.2) is 4.98 Å². The molecule has 1 aliphatic rings. The molecule has 20 heavy (non-hydrogen) atoms. The fourth-order valence-corrected chi connectivity index (χ4v) is 3.62. The van der Waals surface area contributed by atoms with Crippen molar-refractivity contribution in [1.29, 1.82) is 0 Å². The topological polar surface area (TPSA) is 51.3 Å². The zero-order valence-corrected chi connectivity index (χ0v) is 11.6. The molecule has 3 aromatic rings. The Balaban J connectivity index is 1.79. The van der Waals surface area contributed by atoms with E-state index in [1.807, 2.05) is 36.4 Å². The van der Waals surface area contributed by atoms with Crippen LogP contribution in [-0.4, -0.2) is 10.8 Å². The molecule has 0 amide bonds. The summed E-state index contributed by atoms with van der Waals surface area (Å²) in [6.45, 7) is 0. The van der Waals surface area contributed by atoms with E-state index in [0.717, 1.165) is 22.5 Å². The Hall–Kier alpha value is -2.20. The third-order valence-corrected chi connectivity index (χ3v) is 4.73. The molecule has 1 aromatic heterocycles. The van der Waals surface area contributed by atoms with Crippen molar-refractivity contribution in [3.05, 3.63) is 64.7 Å². The Morgan fingerprint density at radius 3 is 2.75 bits per heavy atom. The lowest BCUT2D eigenvalue weighted by molar-refractivity contribution is 0.705. The van der Waals surface area contributed by atoms with E-state index >= 15 is 0 Å². The fourth-order valence-electron chi connectivity index (χ4n) is 2.61. The van der Waals surface area contributed by atoms with E-state index in [2.05, 4.69) is 17.1 Å². The number of fused-ring (bicyclic) bond motifs is 2. The first-order chi connectivity index (χ1) is 9.81. The van der Waals surface area contributed by atoms with Crippen LogP contribution in [0.2, 0.25) is 0 Å². The third kappa shape index (κ3) is 1.80. The van der Waals surface area contributed by atoms with Crippen molar-refractivity contribution in [2.75, 3.05) is 0 Å². The van der Waals surface area contributed by atoms with Crippen molar-refractivity contribution in [2.24, 2.45) is 10.7 Å². The van der Waals surface area contributed by atoms with Crippen LogP contribution in [0.25, 0.3) is 10.2 Å². The van der Waals surface area contributed by atoms with Gasteiger partial charge in [0.2, 0.25) is 0 Å². The van der Waals surface area contributed by atoms with Gasteiger partial charge in [0.05, 0.1) is 10.2 Å². The van der Waals surface area contributed by atoms with Crippen LogP contribution in [-0.2, 0) is 6.42 Å². The van der Waals surface area contributed by atoms with Gasteiger partial charge in [-0.2, -0.15) is 0 Å². The lowest BCUT2D eigenvalue weighted by Gasteiger charge is -2.19. The first-order valence-corrected chi connectivity index (χ1v) is 7.40. The summed E-state index contributed by atoms with van der Waals surface area (Å²) in [6, 6.07) is 16.4. The Morgan fingerprint density at radius 1 is 1.05 bits per heavy atom. The lowest BCUT2D eigenvalue weighted by Crippen LogP contribution is -2.22. The highest BCUT2D eigenvalue weighted by Gasteiger charge is 2.23. The van der Waals surface area contributed by atoms with Crippen LogP contribution >= 0.6 is 11.3 Å². The molecule has 0 aliphatic carbocycles. The minimum Gasteiger partial charge on any atom is -0.383 e. The Morgan fingerprint density at radius 2 is 1.85 bits per heavy atom. The normalized spacial score (nSPS) is 17.8. The Kier molecular flexibility index (Phi) is 2.57. The number of rotatable bonds is 1. The van der Waals surface area contributed by atoms with Gasteiger partial charge in [0.1, 0.15) is 16.9 Å². The van der Waals surface area contributed by atoms with E-state index in [4.69, 9.17) is 10.7 Å². The first kappa shape index (κ1) is 11.6. The highest BCUT2D eigenvalue weighted by molar-refractivity contribution is 7.18. The molecule has 4 heteroatoms. The molecule has 0 fully saturated rings. The van der Waals surface area contributed by atoms with Crippen LogP contribution in [0.5, 0.6) is 0 Å². The summed E-state index contributed by atoms with van der Waals surface area (Å²) < 4.78 is 1.20. The largest absolute Gasteiger partial charge is 0.383 e. The van der Waals surface area contributed by atoms with E-state index in [9.17, 15) is 0 Å². The van der Waals surface area contributed by atoms with Gasteiger partial charge >= 0.3 is 0 Å². The van der Waals surface area contributed by atoms with E-state index in [1.165, 1.54) is 10.3 Å². The van der Waals surface area contributed by atoms with Crippen molar-refractivity contribution in [1.82, 2.24) is 4.98 Å². The molecule has 1 atom stereocenters. The molecule has 2 aromatic carbocycles. The molecule has 0 bridgehead atoms. The molecule has 1 aliphatic heterocycles. The fraction of sp³-hybridized carbons (Fsp3) is 0.125. The second-order valence-corrected chi connectivity index (χ2v) is 5.97. The van der Waals surface area contributed by atoms with E-state index in [0.29, 0.717) is 5.84 Å². The monoisotopic (exact) mass is 279 g/mol. The third-order valence-electron chi connectivity index (χ3n) is 3.60. The van der Waals surface area contributed by atoms with Crippen molar-refractivity contribution in [3.8, 4) is 0 Å². The van der Waals surface area contributed by atoms with Crippen LogP contribution in [0.15, 0.2) is 53.5 Å². The highest BCUT2D eigenvalue weighted by atomic mass is 32.1. The maximum absolute atomic E-state index is 6.10. The molecule has 98 valence electrons. The summed E-state index contributed by atoms with van der Waals surface area (Å²) in [5.41, 5.74) is 9.45. The standard InChI is InChI=1S/C16H13N3S/c17-15-11-6-2-1-5-10(11)9-13(18-15)16-19-12-7-3-4-8-14(12)20-16/h1-8,13H,9H2,(H2,17,18). The van der Waals surface area contributed by atoms with Crippen molar-refractivity contribution >= 4 is 27.4 Å². The summed E-state index contributed by atoms with van der Waals surface area (Å²) in [5, 5.41) is 1.05. The van der Waals surface area contributed by atoms with Crippen LogP contribution in [0.1, 0.15) is 22.2 Å². The summed E-state index contributed by atoms with van der Waals surface area (Å²) in [4.78, 5) is 9.33.